The van der Waals surface area contributed by atoms with Crippen molar-refractivity contribution in [2.75, 3.05) is 0 Å². The van der Waals surface area contributed by atoms with Crippen LogP contribution < -0.4 is 11.5 Å². The van der Waals surface area contributed by atoms with Crippen LogP contribution in [0, 0.1) is 0 Å². The molecule has 0 saturated carbocycles. The van der Waals surface area contributed by atoms with Crippen LogP contribution >= 0.6 is 24.8 Å². The number of fused-ring (bicyclic) bond motifs is 1. The largest absolute Gasteiger partial charge is 0.326 e. The van der Waals surface area contributed by atoms with Gasteiger partial charge in [0.05, 0.1) is 0 Å². The molecule has 14 heavy (non-hydrogen) atoms. The number of halogens is 2. The van der Waals surface area contributed by atoms with Crippen LogP contribution in [-0.2, 0) is 13.0 Å². The molecule has 0 radical (unpaired) electrons. The maximum absolute atomic E-state index is 5.93. The van der Waals surface area contributed by atoms with E-state index in [4.69, 9.17) is 11.5 Å². The molecule has 2 nitrogen and oxygen atoms in total. The van der Waals surface area contributed by atoms with E-state index in [1.165, 1.54) is 16.7 Å². The molecule has 80 valence electrons. The summed E-state index contributed by atoms with van der Waals surface area (Å²) in [4.78, 5) is 0. The third-order valence-electron chi connectivity index (χ3n) is 2.57. The van der Waals surface area contributed by atoms with E-state index in [1.54, 1.807) is 0 Å². The lowest BCUT2D eigenvalue weighted by molar-refractivity contribution is 0.713. The molecule has 1 unspecified atom stereocenters. The lowest BCUT2D eigenvalue weighted by atomic mass is 10.0. The van der Waals surface area contributed by atoms with Gasteiger partial charge in [0.25, 0.3) is 0 Å². The zero-order valence-electron chi connectivity index (χ0n) is 7.90. The second kappa shape index (κ2) is 5.56. The number of benzene rings is 1. The Morgan fingerprint density at radius 1 is 1.29 bits per heavy atom. The van der Waals surface area contributed by atoms with Crippen LogP contribution in [0.25, 0.3) is 0 Å². The van der Waals surface area contributed by atoms with E-state index in [0.29, 0.717) is 6.54 Å². The van der Waals surface area contributed by atoms with Crippen molar-refractivity contribution in [1.29, 1.82) is 0 Å². The van der Waals surface area contributed by atoms with Gasteiger partial charge in [-0.15, -0.1) is 24.8 Å². The predicted molar refractivity (Wildman–Crippen MR) is 64.1 cm³/mol. The molecule has 0 heterocycles. The minimum Gasteiger partial charge on any atom is -0.326 e. The lowest BCUT2D eigenvalue weighted by Gasteiger charge is -2.06. The van der Waals surface area contributed by atoms with Crippen molar-refractivity contribution in [3.8, 4) is 0 Å². The summed E-state index contributed by atoms with van der Waals surface area (Å²) in [5.74, 6) is 0. The van der Waals surface area contributed by atoms with Gasteiger partial charge in [-0.25, -0.2) is 0 Å². The van der Waals surface area contributed by atoms with E-state index in [2.05, 4.69) is 18.2 Å². The molecule has 0 spiro atoms. The number of nitrogens with two attached hydrogens (primary N) is 2. The smallest absolute Gasteiger partial charge is 0.0300 e. The first-order valence-electron chi connectivity index (χ1n) is 4.38. The lowest BCUT2D eigenvalue weighted by Crippen LogP contribution is -2.06. The summed E-state index contributed by atoms with van der Waals surface area (Å²) in [6, 6.07) is 6.64. The fraction of sp³-hybridized carbons (Fsp3) is 0.400. The minimum absolute atomic E-state index is 0. The Labute approximate surface area is 96.9 Å². The average Bonchev–Trinajstić information content (AvgIpc) is 2.47. The fourth-order valence-corrected chi connectivity index (χ4v) is 1.81. The SMILES string of the molecule is Cl.Cl.NCc1ccc2c(c1)C(N)CC2. The number of hydrogen-bond donors (Lipinski definition) is 2. The molecule has 2 rings (SSSR count). The minimum atomic E-state index is 0. The zero-order chi connectivity index (χ0) is 8.55. The van der Waals surface area contributed by atoms with Gasteiger partial charge in [0.2, 0.25) is 0 Å². The molecule has 0 bridgehead atoms. The van der Waals surface area contributed by atoms with Gasteiger partial charge in [0, 0.05) is 12.6 Å². The van der Waals surface area contributed by atoms with E-state index >= 15 is 0 Å². The molecule has 0 aromatic heterocycles. The van der Waals surface area contributed by atoms with Crippen LogP contribution in [-0.4, -0.2) is 0 Å². The summed E-state index contributed by atoms with van der Waals surface area (Å²) >= 11 is 0. The monoisotopic (exact) mass is 234 g/mol. The first-order chi connectivity index (χ1) is 5.81. The molecule has 1 aliphatic carbocycles. The van der Waals surface area contributed by atoms with Crippen LogP contribution in [0.3, 0.4) is 0 Å². The van der Waals surface area contributed by atoms with E-state index in [1.807, 2.05) is 0 Å². The van der Waals surface area contributed by atoms with Gasteiger partial charge in [0.1, 0.15) is 0 Å². The molecular formula is C10H16Cl2N2. The molecule has 0 saturated heterocycles. The van der Waals surface area contributed by atoms with E-state index in [-0.39, 0.29) is 30.9 Å². The van der Waals surface area contributed by atoms with Crippen molar-refractivity contribution >= 4 is 24.8 Å². The number of hydrogen-bond acceptors (Lipinski definition) is 2. The van der Waals surface area contributed by atoms with Crippen LogP contribution in [0.4, 0.5) is 0 Å². The number of aryl methyl sites for hydroxylation is 1. The molecule has 1 aromatic carbocycles. The molecule has 1 aliphatic rings. The average molecular weight is 235 g/mol. The zero-order valence-corrected chi connectivity index (χ0v) is 9.53. The Kier molecular flexibility index (Phi) is 5.45. The van der Waals surface area contributed by atoms with E-state index in [9.17, 15) is 0 Å². The van der Waals surface area contributed by atoms with Gasteiger partial charge in [-0.05, 0) is 29.5 Å². The summed E-state index contributed by atoms with van der Waals surface area (Å²) < 4.78 is 0. The van der Waals surface area contributed by atoms with Gasteiger partial charge in [-0.3, -0.25) is 0 Å². The Bertz CT molecular complexity index is 302. The van der Waals surface area contributed by atoms with Crippen LogP contribution in [0.1, 0.15) is 29.2 Å². The van der Waals surface area contributed by atoms with E-state index in [0.717, 1.165) is 12.8 Å². The van der Waals surface area contributed by atoms with Gasteiger partial charge in [0.15, 0.2) is 0 Å². The van der Waals surface area contributed by atoms with Crippen molar-refractivity contribution < 1.29 is 0 Å². The molecule has 0 amide bonds. The maximum Gasteiger partial charge on any atom is 0.0300 e. The summed E-state index contributed by atoms with van der Waals surface area (Å²) in [6.45, 7) is 0.611. The highest BCUT2D eigenvalue weighted by Crippen LogP contribution is 2.29. The third kappa shape index (κ3) is 2.39. The van der Waals surface area contributed by atoms with Crippen molar-refractivity contribution in [3.05, 3.63) is 34.9 Å². The first-order valence-corrected chi connectivity index (χ1v) is 4.38. The molecule has 1 atom stereocenters. The normalized spacial score (nSPS) is 18.0. The third-order valence-corrected chi connectivity index (χ3v) is 2.57. The molecule has 4 N–H and O–H groups in total. The van der Waals surface area contributed by atoms with Crippen molar-refractivity contribution in [2.24, 2.45) is 11.5 Å². The van der Waals surface area contributed by atoms with Gasteiger partial charge in [-0.2, -0.15) is 0 Å². The Balaban J connectivity index is 0.000000845. The summed E-state index contributed by atoms with van der Waals surface area (Å²) in [5, 5.41) is 0. The van der Waals surface area contributed by atoms with E-state index < -0.39 is 0 Å². The standard InChI is InChI=1S/C10H14N2.2ClH/c11-6-7-1-2-8-3-4-10(12)9(8)5-7;;/h1-2,5,10H,3-4,6,11-12H2;2*1H. The Morgan fingerprint density at radius 3 is 2.64 bits per heavy atom. The van der Waals surface area contributed by atoms with Crippen molar-refractivity contribution in [1.82, 2.24) is 0 Å². The highest BCUT2D eigenvalue weighted by Gasteiger charge is 2.18. The topological polar surface area (TPSA) is 52.0 Å². The Morgan fingerprint density at radius 2 is 2.00 bits per heavy atom. The predicted octanol–water partition coefficient (Wildman–Crippen LogP) is 1.93. The first kappa shape index (κ1) is 13.7. The van der Waals surface area contributed by atoms with Crippen LogP contribution in [0.15, 0.2) is 18.2 Å². The maximum atomic E-state index is 5.93. The highest BCUT2D eigenvalue weighted by molar-refractivity contribution is 5.85. The summed E-state index contributed by atoms with van der Waals surface area (Å²) in [7, 11) is 0. The summed E-state index contributed by atoms with van der Waals surface area (Å²) in [6.07, 6.45) is 2.21. The number of rotatable bonds is 1. The molecule has 1 aromatic rings. The van der Waals surface area contributed by atoms with Crippen LogP contribution in [0.2, 0.25) is 0 Å². The fourth-order valence-electron chi connectivity index (χ4n) is 1.81. The Hall–Kier alpha value is -0.280. The van der Waals surface area contributed by atoms with Gasteiger partial charge < -0.3 is 11.5 Å². The van der Waals surface area contributed by atoms with Gasteiger partial charge >= 0.3 is 0 Å². The highest BCUT2D eigenvalue weighted by atomic mass is 35.5. The molecule has 0 fully saturated rings. The molecule has 4 heteroatoms. The quantitative estimate of drug-likeness (QED) is 0.781. The second-order valence-corrected chi connectivity index (χ2v) is 3.38. The van der Waals surface area contributed by atoms with Gasteiger partial charge in [-0.1, -0.05) is 18.2 Å². The van der Waals surface area contributed by atoms with Crippen molar-refractivity contribution in [2.45, 2.75) is 25.4 Å². The van der Waals surface area contributed by atoms with Crippen molar-refractivity contribution in [3.63, 3.8) is 0 Å². The van der Waals surface area contributed by atoms with Crippen LogP contribution in [0.5, 0.6) is 0 Å². The summed E-state index contributed by atoms with van der Waals surface area (Å²) in [5.41, 5.74) is 15.4. The molecular weight excluding hydrogens is 219 g/mol. The second-order valence-electron chi connectivity index (χ2n) is 3.38. The molecule has 0 aliphatic heterocycles.